The van der Waals surface area contributed by atoms with E-state index in [-0.39, 0.29) is 0 Å². The molecule has 5 nitrogen and oxygen atoms in total. The average molecular weight is 245 g/mol. The highest BCUT2D eigenvalue weighted by Gasteiger charge is 2.20. The molecule has 0 atom stereocenters. The smallest absolute Gasteiger partial charge is 0.122 e. The van der Waals surface area contributed by atoms with E-state index in [1.54, 1.807) is 0 Å². The molecule has 2 aromatic rings. The number of imidazole rings is 2. The lowest BCUT2D eigenvalue weighted by molar-refractivity contribution is 0.533. The molecule has 0 bridgehead atoms. The first-order valence-electron chi connectivity index (χ1n) is 6.61. The van der Waals surface area contributed by atoms with Crippen molar-refractivity contribution in [1.82, 2.24) is 24.4 Å². The lowest BCUT2D eigenvalue weighted by atomic mass is 10.4. The molecule has 0 unspecified atom stereocenters. The molecule has 0 aliphatic heterocycles. The molecule has 1 aliphatic carbocycles. The second-order valence-corrected chi connectivity index (χ2v) is 4.85. The van der Waals surface area contributed by atoms with Gasteiger partial charge in [-0.15, -0.1) is 0 Å². The van der Waals surface area contributed by atoms with Crippen LogP contribution in [0.25, 0.3) is 0 Å². The van der Waals surface area contributed by atoms with E-state index >= 15 is 0 Å². The van der Waals surface area contributed by atoms with Crippen molar-refractivity contribution < 1.29 is 0 Å². The van der Waals surface area contributed by atoms with Crippen LogP contribution >= 0.6 is 0 Å². The largest absolute Gasteiger partial charge is 0.337 e. The minimum atomic E-state index is 0.737. The first kappa shape index (κ1) is 11.5. The Balaban J connectivity index is 1.47. The van der Waals surface area contributed by atoms with Crippen molar-refractivity contribution in [1.29, 1.82) is 0 Å². The van der Waals surface area contributed by atoms with E-state index in [1.165, 1.54) is 12.8 Å². The van der Waals surface area contributed by atoms with Gasteiger partial charge in [-0.1, -0.05) is 0 Å². The van der Waals surface area contributed by atoms with Gasteiger partial charge in [-0.3, -0.25) is 0 Å². The molecule has 1 saturated carbocycles. The van der Waals surface area contributed by atoms with Gasteiger partial charge in [-0.2, -0.15) is 0 Å². The number of aryl methyl sites for hydroxylation is 2. The van der Waals surface area contributed by atoms with Crippen molar-refractivity contribution in [2.24, 2.45) is 0 Å². The topological polar surface area (TPSA) is 47.7 Å². The molecule has 18 heavy (non-hydrogen) atoms. The van der Waals surface area contributed by atoms with Gasteiger partial charge in [0.15, 0.2) is 0 Å². The molecule has 0 amide bonds. The van der Waals surface area contributed by atoms with Crippen LogP contribution in [0.1, 0.15) is 25.1 Å². The quantitative estimate of drug-likeness (QED) is 0.802. The first-order valence-corrected chi connectivity index (χ1v) is 6.61. The summed E-state index contributed by atoms with van der Waals surface area (Å²) in [6.45, 7) is 2.91. The summed E-state index contributed by atoms with van der Waals surface area (Å²) in [6, 6.07) is 0.737. The summed E-state index contributed by atoms with van der Waals surface area (Å²) in [5.41, 5.74) is 0. The number of rotatable bonds is 7. The van der Waals surface area contributed by atoms with E-state index in [1.807, 2.05) is 24.9 Å². The van der Waals surface area contributed by atoms with Gasteiger partial charge in [0.2, 0.25) is 0 Å². The summed E-state index contributed by atoms with van der Waals surface area (Å²) in [6.07, 6.45) is 13.4. The lowest BCUT2D eigenvalue weighted by Gasteiger charge is -2.08. The highest BCUT2D eigenvalue weighted by atomic mass is 15.1. The molecular formula is C13H19N5. The van der Waals surface area contributed by atoms with E-state index < -0.39 is 0 Å². The third-order valence-corrected chi connectivity index (χ3v) is 3.30. The zero-order valence-electron chi connectivity index (χ0n) is 10.5. The molecule has 0 spiro atoms. The lowest BCUT2D eigenvalue weighted by Crippen LogP contribution is -2.19. The number of nitrogens with one attached hydrogen (secondary N) is 1. The maximum Gasteiger partial charge on any atom is 0.122 e. The molecular weight excluding hydrogens is 226 g/mol. The van der Waals surface area contributed by atoms with Crippen LogP contribution in [0.15, 0.2) is 31.1 Å². The van der Waals surface area contributed by atoms with Crippen molar-refractivity contribution in [2.45, 2.75) is 44.9 Å². The van der Waals surface area contributed by atoms with Crippen LogP contribution in [-0.4, -0.2) is 25.1 Å². The summed E-state index contributed by atoms with van der Waals surface area (Å²) in [4.78, 5) is 8.46. The summed E-state index contributed by atoms with van der Waals surface area (Å²) < 4.78 is 4.35. The predicted molar refractivity (Wildman–Crippen MR) is 68.9 cm³/mol. The molecule has 3 rings (SSSR count). The summed E-state index contributed by atoms with van der Waals surface area (Å²) in [7, 11) is 0. The predicted octanol–water partition coefficient (Wildman–Crippen LogP) is 1.42. The Morgan fingerprint density at radius 2 is 2.17 bits per heavy atom. The van der Waals surface area contributed by atoms with Crippen LogP contribution < -0.4 is 5.32 Å². The van der Waals surface area contributed by atoms with Gasteiger partial charge in [-0.05, 0) is 19.3 Å². The van der Waals surface area contributed by atoms with Crippen molar-refractivity contribution >= 4 is 0 Å². The Hall–Kier alpha value is -1.62. The van der Waals surface area contributed by atoms with E-state index in [0.29, 0.717) is 0 Å². The first-order chi connectivity index (χ1) is 8.92. The minimum Gasteiger partial charge on any atom is -0.337 e. The number of hydrogen-bond acceptors (Lipinski definition) is 3. The van der Waals surface area contributed by atoms with Gasteiger partial charge in [0.05, 0.1) is 12.9 Å². The van der Waals surface area contributed by atoms with Crippen molar-refractivity contribution in [3.05, 3.63) is 36.9 Å². The Kier molecular flexibility index (Phi) is 3.41. The van der Waals surface area contributed by atoms with Gasteiger partial charge in [-0.25, -0.2) is 9.97 Å². The maximum absolute atomic E-state index is 4.41. The zero-order chi connectivity index (χ0) is 12.2. The van der Waals surface area contributed by atoms with Gasteiger partial charge in [0.1, 0.15) is 5.82 Å². The Labute approximate surface area is 107 Å². The molecule has 1 N–H and O–H groups in total. The molecule has 1 fully saturated rings. The molecule has 2 heterocycles. The van der Waals surface area contributed by atoms with Crippen molar-refractivity contribution in [2.75, 3.05) is 0 Å². The minimum absolute atomic E-state index is 0.737. The maximum atomic E-state index is 4.41. The molecule has 2 aromatic heterocycles. The van der Waals surface area contributed by atoms with Gasteiger partial charge in [0.25, 0.3) is 0 Å². The standard InChI is InChI=1S/C13H19N5/c1(6-17-8-4-14-11-17)7-18-9-5-15-13(18)10-16-12-2-3-12/h4-5,8-9,11-12,16H,1-3,6-7,10H2. The van der Waals surface area contributed by atoms with E-state index in [0.717, 1.165) is 37.9 Å². The highest BCUT2D eigenvalue weighted by molar-refractivity contribution is 4.94. The fourth-order valence-corrected chi connectivity index (χ4v) is 2.08. The van der Waals surface area contributed by atoms with Gasteiger partial charge in [0, 0.05) is 43.9 Å². The monoisotopic (exact) mass is 245 g/mol. The third-order valence-electron chi connectivity index (χ3n) is 3.30. The number of hydrogen-bond donors (Lipinski definition) is 1. The molecule has 96 valence electrons. The van der Waals surface area contributed by atoms with Crippen LogP contribution in [0.3, 0.4) is 0 Å². The Morgan fingerprint density at radius 1 is 1.22 bits per heavy atom. The zero-order valence-corrected chi connectivity index (χ0v) is 10.5. The summed E-state index contributed by atoms with van der Waals surface area (Å²) in [5.74, 6) is 1.15. The Bertz CT molecular complexity index is 469. The normalized spacial score (nSPS) is 15.1. The molecule has 0 saturated heterocycles. The van der Waals surface area contributed by atoms with Crippen molar-refractivity contribution in [3.63, 3.8) is 0 Å². The number of aromatic nitrogens is 4. The molecule has 1 aliphatic rings. The second-order valence-electron chi connectivity index (χ2n) is 4.85. The van der Waals surface area contributed by atoms with Crippen LogP contribution in [0, 0.1) is 0 Å². The average Bonchev–Trinajstić information content (AvgIpc) is 2.89. The fraction of sp³-hybridized carbons (Fsp3) is 0.538. The summed E-state index contributed by atoms with van der Waals surface area (Å²) in [5, 5.41) is 3.50. The van der Waals surface area contributed by atoms with Crippen LogP contribution in [0.5, 0.6) is 0 Å². The van der Waals surface area contributed by atoms with E-state index in [4.69, 9.17) is 0 Å². The SMILES string of the molecule is c1cn(CCCn2ccnc2CNC2CC2)cn1. The summed E-state index contributed by atoms with van der Waals surface area (Å²) >= 11 is 0. The van der Waals surface area contributed by atoms with E-state index in [2.05, 4.69) is 30.6 Å². The molecule has 0 aromatic carbocycles. The Morgan fingerprint density at radius 3 is 2.94 bits per heavy atom. The highest BCUT2D eigenvalue weighted by Crippen LogP contribution is 2.19. The van der Waals surface area contributed by atoms with Crippen LogP contribution in [0.2, 0.25) is 0 Å². The fourth-order valence-electron chi connectivity index (χ4n) is 2.08. The van der Waals surface area contributed by atoms with E-state index in [9.17, 15) is 0 Å². The number of nitrogens with zero attached hydrogens (tertiary/aromatic N) is 4. The molecule has 5 heteroatoms. The third kappa shape index (κ3) is 2.98. The molecule has 0 radical (unpaired) electrons. The van der Waals surface area contributed by atoms with Crippen LogP contribution in [0.4, 0.5) is 0 Å². The van der Waals surface area contributed by atoms with Crippen LogP contribution in [-0.2, 0) is 19.6 Å². The van der Waals surface area contributed by atoms with Gasteiger partial charge < -0.3 is 14.5 Å². The second kappa shape index (κ2) is 5.35. The van der Waals surface area contributed by atoms with Crippen molar-refractivity contribution in [3.8, 4) is 0 Å². The van der Waals surface area contributed by atoms with Gasteiger partial charge >= 0.3 is 0 Å².